The van der Waals surface area contributed by atoms with E-state index >= 15 is 0 Å². The molecule has 0 aliphatic carbocycles. The van der Waals surface area contributed by atoms with Gasteiger partial charge in [-0.3, -0.25) is 9.78 Å². The van der Waals surface area contributed by atoms with Gasteiger partial charge in [0.2, 0.25) is 0 Å². The molecule has 2 saturated heterocycles. The van der Waals surface area contributed by atoms with Crippen molar-refractivity contribution in [3.05, 3.63) is 66.5 Å². The number of nitrogens with one attached hydrogen (secondary N) is 1. The number of rotatable bonds is 3. The monoisotopic (exact) mass is 413 g/mol. The van der Waals surface area contributed by atoms with E-state index in [0.29, 0.717) is 6.54 Å². The molecule has 1 spiro atoms. The quantitative estimate of drug-likeness (QED) is 0.557. The number of H-pyrrole nitrogens is 1. The van der Waals surface area contributed by atoms with Gasteiger partial charge in [0.05, 0.1) is 17.2 Å². The summed E-state index contributed by atoms with van der Waals surface area (Å²) in [7, 11) is 0. The summed E-state index contributed by atoms with van der Waals surface area (Å²) in [6, 6.07) is 16.2. The Bertz CT molecular complexity index is 1280. The van der Waals surface area contributed by atoms with Crippen LogP contribution in [0.1, 0.15) is 18.4 Å². The van der Waals surface area contributed by atoms with Gasteiger partial charge in [-0.15, -0.1) is 0 Å². The fraction of sp³-hybridized carbons (Fsp3) is 0.292. The van der Waals surface area contributed by atoms with Crippen LogP contribution in [0.2, 0.25) is 0 Å². The summed E-state index contributed by atoms with van der Waals surface area (Å²) >= 11 is 0. The third kappa shape index (κ3) is 3.04. The Balaban J connectivity index is 1.24. The Morgan fingerprint density at radius 3 is 2.74 bits per heavy atom. The molecule has 6 rings (SSSR count). The van der Waals surface area contributed by atoms with E-state index in [4.69, 9.17) is 9.72 Å². The first-order chi connectivity index (χ1) is 15.2. The zero-order chi connectivity index (χ0) is 20.8. The lowest BCUT2D eigenvalue weighted by Gasteiger charge is -2.43. The minimum Gasteiger partial charge on any atom is -0.361 e. The number of benzene rings is 2. The van der Waals surface area contributed by atoms with Gasteiger partial charge in [0.15, 0.2) is 0 Å². The van der Waals surface area contributed by atoms with Gasteiger partial charge in [-0.05, 0) is 29.8 Å². The minimum absolute atomic E-state index is 0.0616. The summed E-state index contributed by atoms with van der Waals surface area (Å²) < 4.78 is 6.13. The van der Waals surface area contributed by atoms with Crippen molar-refractivity contribution < 1.29 is 9.53 Å². The van der Waals surface area contributed by atoms with Crippen LogP contribution < -0.4 is 4.90 Å². The molecule has 0 radical (unpaired) electrons. The van der Waals surface area contributed by atoms with E-state index in [0.717, 1.165) is 59.2 Å². The summed E-state index contributed by atoms with van der Waals surface area (Å²) in [4.78, 5) is 29.5. The van der Waals surface area contributed by atoms with Gasteiger partial charge >= 0.3 is 0 Å². The number of carbonyl (C=O) groups is 1. The number of piperidine rings is 1. The maximum Gasteiger partial charge on any atom is 0.251 e. The number of amides is 1. The van der Waals surface area contributed by atoms with Crippen molar-refractivity contribution in [2.24, 2.45) is 0 Å². The van der Waals surface area contributed by atoms with E-state index in [1.54, 1.807) is 0 Å². The molecule has 7 heteroatoms. The summed E-state index contributed by atoms with van der Waals surface area (Å²) in [6.45, 7) is 2.25. The van der Waals surface area contributed by atoms with Crippen molar-refractivity contribution in [2.45, 2.75) is 25.1 Å². The van der Waals surface area contributed by atoms with Gasteiger partial charge in [0.1, 0.15) is 18.1 Å². The number of hydrogen-bond acceptors (Lipinski definition) is 5. The van der Waals surface area contributed by atoms with Crippen molar-refractivity contribution in [2.75, 3.05) is 24.6 Å². The first kappa shape index (κ1) is 18.3. The Kier molecular flexibility index (Phi) is 4.17. The van der Waals surface area contributed by atoms with Gasteiger partial charge in [-0.2, -0.15) is 0 Å². The molecular weight excluding hydrogens is 390 g/mol. The molecule has 0 unspecified atom stereocenters. The summed E-state index contributed by atoms with van der Waals surface area (Å²) in [6.07, 6.45) is 5.27. The lowest BCUT2D eigenvalue weighted by atomic mass is 9.97. The van der Waals surface area contributed by atoms with Crippen LogP contribution in [-0.4, -0.2) is 51.2 Å². The number of carbonyl (C=O) groups excluding carboxylic acids is 1. The lowest BCUT2D eigenvalue weighted by Crippen LogP contribution is -2.53. The van der Waals surface area contributed by atoms with Gasteiger partial charge in [-0.1, -0.05) is 24.3 Å². The largest absolute Gasteiger partial charge is 0.361 e. The molecule has 0 bridgehead atoms. The molecular formula is C24H23N5O2. The fourth-order valence-corrected chi connectivity index (χ4v) is 4.87. The first-order valence-corrected chi connectivity index (χ1v) is 10.7. The van der Waals surface area contributed by atoms with Crippen LogP contribution in [0, 0.1) is 0 Å². The van der Waals surface area contributed by atoms with E-state index in [1.165, 1.54) is 0 Å². The van der Waals surface area contributed by atoms with E-state index in [1.807, 2.05) is 47.6 Å². The summed E-state index contributed by atoms with van der Waals surface area (Å²) in [5.74, 6) is 0.938. The Labute approximate surface area is 179 Å². The molecule has 0 atom stereocenters. The molecule has 156 valence electrons. The highest BCUT2D eigenvalue weighted by Crippen LogP contribution is 2.37. The molecule has 1 N–H and O–H groups in total. The van der Waals surface area contributed by atoms with Crippen molar-refractivity contribution in [1.82, 2.24) is 19.9 Å². The standard InChI is InChI=1S/C24H23N5O2/c30-23-16-31-24(29(23)15-17-4-3-7-19-18(17)8-11-25-19)9-12-28(13-10-24)22-14-26-20-5-1-2-6-21(20)27-22/h1-8,11,14,25H,9-10,12-13,15-16H2. The minimum atomic E-state index is -0.545. The van der Waals surface area contributed by atoms with Crippen LogP contribution in [0.15, 0.2) is 60.9 Å². The highest BCUT2D eigenvalue weighted by atomic mass is 16.5. The Hall–Kier alpha value is -3.45. The second-order valence-electron chi connectivity index (χ2n) is 8.27. The van der Waals surface area contributed by atoms with E-state index < -0.39 is 5.72 Å². The Morgan fingerprint density at radius 2 is 1.87 bits per heavy atom. The SMILES string of the molecule is O=C1COC2(CCN(c3cnc4ccccc4n3)CC2)N1Cc1cccc2[nH]ccc12. The summed E-state index contributed by atoms with van der Waals surface area (Å²) in [5, 5.41) is 1.15. The molecule has 1 amide bonds. The van der Waals surface area contributed by atoms with Crippen LogP contribution in [0.5, 0.6) is 0 Å². The molecule has 0 saturated carbocycles. The van der Waals surface area contributed by atoms with Crippen LogP contribution >= 0.6 is 0 Å². The number of anilines is 1. The van der Waals surface area contributed by atoms with Crippen LogP contribution in [0.25, 0.3) is 21.9 Å². The number of aromatic amines is 1. The highest BCUT2D eigenvalue weighted by Gasteiger charge is 2.48. The maximum absolute atomic E-state index is 12.8. The van der Waals surface area contributed by atoms with E-state index in [9.17, 15) is 4.79 Å². The highest BCUT2D eigenvalue weighted by molar-refractivity contribution is 5.84. The smallest absolute Gasteiger partial charge is 0.251 e. The van der Waals surface area contributed by atoms with E-state index in [-0.39, 0.29) is 12.5 Å². The molecule has 2 aromatic carbocycles. The van der Waals surface area contributed by atoms with Crippen LogP contribution in [0.4, 0.5) is 5.82 Å². The average molecular weight is 413 g/mol. The van der Waals surface area contributed by atoms with Gasteiger partial charge in [-0.25, -0.2) is 4.98 Å². The number of nitrogens with zero attached hydrogens (tertiary/aromatic N) is 4. The second-order valence-corrected chi connectivity index (χ2v) is 8.27. The predicted octanol–water partition coefficient (Wildman–Crippen LogP) is 3.47. The summed E-state index contributed by atoms with van der Waals surface area (Å²) in [5.41, 5.74) is 3.48. The van der Waals surface area contributed by atoms with Crippen molar-refractivity contribution in [1.29, 1.82) is 0 Å². The molecule has 2 fully saturated rings. The molecule has 31 heavy (non-hydrogen) atoms. The Morgan fingerprint density at radius 1 is 1.03 bits per heavy atom. The van der Waals surface area contributed by atoms with Gasteiger partial charge < -0.3 is 19.5 Å². The number of fused-ring (bicyclic) bond motifs is 2. The first-order valence-electron chi connectivity index (χ1n) is 10.7. The zero-order valence-electron chi connectivity index (χ0n) is 17.1. The van der Waals surface area contributed by atoms with Gasteiger partial charge in [0.25, 0.3) is 5.91 Å². The topological polar surface area (TPSA) is 74.3 Å². The van der Waals surface area contributed by atoms with Crippen molar-refractivity contribution >= 4 is 33.7 Å². The van der Waals surface area contributed by atoms with Crippen LogP contribution in [-0.2, 0) is 16.1 Å². The molecule has 2 aromatic heterocycles. The average Bonchev–Trinajstić information content (AvgIpc) is 3.41. The second kappa shape index (κ2) is 7.06. The van der Waals surface area contributed by atoms with Crippen molar-refractivity contribution in [3.8, 4) is 0 Å². The third-order valence-electron chi connectivity index (χ3n) is 6.58. The number of hydrogen-bond donors (Lipinski definition) is 1. The number of ether oxygens (including phenoxy) is 1. The third-order valence-corrected chi connectivity index (χ3v) is 6.58. The van der Waals surface area contributed by atoms with Gasteiger partial charge in [0, 0.05) is 49.6 Å². The molecule has 4 heterocycles. The number of aromatic nitrogens is 3. The van der Waals surface area contributed by atoms with Crippen molar-refractivity contribution in [3.63, 3.8) is 0 Å². The van der Waals surface area contributed by atoms with Crippen LogP contribution in [0.3, 0.4) is 0 Å². The molecule has 4 aromatic rings. The fourth-order valence-electron chi connectivity index (χ4n) is 4.87. The lowest BCUT2D eigenvalue weighted by molar-refractivity contribution is -0.137. The normalized spacial score (nSPS) is 18.5. The molecule has 2 aliphatic rings. The maximum atomic E-state index is 12.8. The number of para-hydroxylation sites is 2. The zero-order valence-corrected chi connectivity index (χ0v) is 17.1. The molecule has 2 aliphatic heterocycles. The van der Waals surface area contributed by atoms with E-state index in [2.05, 4.69) is 33.1 Å². The predicted molar refractivity (Wildman–Crippen MR) is 119 cm³/mol. The molecule has 7 nitrogen and oxygen atoms in total.